The van der Waals surface area contributed by atoms with Gasteiger partial charge in [0.25, 0.3) is 0 Å². The van der Waals surface area contributed by atoms with E-state index in [0.29, 0.717) is 18.6 Å². The Bertz CT molecular complexity index is 386. The van der Waals surface area contributed by atoms with E-state index in [1.54, 1.807) is 6.20 Å². The van der Waals surface area contributed by atoms with Crippen molar-refractivity contribution in [2.24, 2.45) is 0 Å². The minimum absolute atomic E-state index is 0.150. The van der Waals surface area contributed by atoms with Crippen molar-refractivity contribution in [1.82, 2.24) is 9.88 Å². The lowest BCUT2D eigenvalue weighted by atomic mass is 10.0. The Morgan fingerprint density at radius 2 is 2.38 bits per heavy atom. The molecule has 1 aliphatic heterocycles. The van der Waals surface area contributed by atoms with Crippen LogP contribution in [0.5, 0.6) is 0 Å². The fourth-order valence-electron chi connectivity index (χ4n) is 2.31. The van der Waals surface area contributed by atoms with Crippen LogP contribution in [0.3, 0.4) is 0 Å². The lowest BCUT2D eigenvalue weighted by Crippen LogP contribution is -2.42. The van der Waals surface area contributed by atoms with Crippen molar-refractivity contribution < 1.29 is 9.21 Å². The third-order valence-corrected chi connectivity index (χ3v) is 3.23. The number of Topliss-reactive ketones (excluding diaryl/α,β-unsaturated/α-hetero) is 1. The molecule has 0 saturated carbocycles. The molecule has 1 aromatic rings. The largest absolute Gasteiger partial charge is 0.444 e. The Labute approximate surface area is 95.6 Å². The first-order chi connectivity index (χ1) is 7.58. The van der Waals surface area contributed by atoms with Gasteiger partial charge >= 0.3 is 0 Å². The molecule has 1 aromatic heterocycles. The van der Waals surface area contributed by atoms with Crippen molar-refractivity contribution in [2.45, 2.75) is 45.7 Å². The zero-order valence-corrected chi connectivity index (χ0v) is 10.1. The molecule has 16 heavy (non-hydrogen) atoms. The summed E-state index contributed by atoms with van der Waals surface area (Å²) in [6, 6.07) is 0.431. The van der Waals surface area contributed by atoms with E-state index in [2.05, 4.69) is 23.7 Å². The summed E-state index contributed by atoms with van der Waals surface area (Å²) < 4.78 is 5.54. The van der Waals surface area contributed by atoms with Crippen molar-refractivity contribution in [3.05, 3.63) is 17.8 Å². The molecule has 0 amide bonds. The van der Waals surface area contributed by atoms with E-state index in [9.17, 15) is 4.79 Å². The van der Waals surface area contributed by atoms with Gasteiger partial charge in [0.2, 0.25) is 5.89 Å². The highest BCUT2D eigenvalue weighted by Crippen LogP contribution is 2.26. The van der Waals surface area contributed by atoms with Crippen molar-refractivity contribution in [1.29, 1.82) is 0 Å². The van der Waals surface area contributed by atoms with Gasteiger partial charge in [-0.3, -0.25) is 9.69 Å². The Kier molecular flexibility index (Phi) is 3.10. The summed E-state index contributed by atoms with van der Waals surface area (Å²) in [5, 5.41) is 0. The van der Waals surface area contributed by atoms with Crippen LogP contribution in [0.4, 0.5) is 0 Å². The SMILES string of the molecule is Cc1cnc(C(C)N2CCC(=O)CC2C)o1. The van der Waals surface area contributed by atoms with Crippen LogP contribution in [0.15, 0.2) is 10.6 Å². The first-order valence-electron chi connectivity index (χ1n) is 5.77. The lowest BCUT2D eigenvalue weighted by Gasteiger charge is -2.35. The Morgan fingerprint density at radius 1 is 1.62 bits per heavy atom. The zero-order valence-electron chi connectivity index (χ0n) is 10.1. The molecule has 0 spiro atoms. The molecule has 0 radical (unpaired) electrons. The smallest absolute Gasteiger partial charge is 0.211 e. The number of oxazole rings is 1. The molecule has 4 nitrogen and oxygen atoms in total. The summed E-state index contributed by atoms with van der Waals surface area (Å²) in [6.45, 7) is 6.87. The number of piperidine rings is 1. The van der Waals surface area contributed by atoms with E-state index in [4.69, 9.17) is 4.42 Å². The molecule has 4 heteroatoms. The molecular weight excluding hydrogens is 204 g/mol. The maximum absolute atomic E-state index is 11.3. The Hall–Kier alpha value is -1.16. The van der Waals surface area contributed by atoms with Crippen LogP contribution in [0.25, 0.3) is 0 Å². The predicted octanol–water partition coefficient (Wildman–Crippen LogP) is 2.10. The molecule has 0 aliphatic carbocycles. The fraction of sp³-hybridized carbons (Fsp3) is 0.667. The number of rotatable bonds is 2. The molecule has 0 bridgehead atoms. The fourth-order valence-corrected chi connectivity index (χ4v) is 2.31. The summed E-state index contributed by atoms with van der Waals surface area (Å²) in [5.74, 6) is 1.95. The second-order valence-corrected chi connectivity index (χ2v) is 4.56. The number of likely N-dealkylation sites (tertiary alicyclic amines) is 1. The van der Waals surface area contributed by atoms with Crippen LogP contribution in [0, 0.1) is 6.92 Å². The van der Waals surface area contributed by atoms with Gasteiger partial charge in [0.15, 0.2) is 0 Å². The summed E-state index contributed by atoms with van der Waals surface area (Å²) >= 11 is 0. The summed E-state index contributed by atoms with van der Waals surface area (Å²) in [6.07, 6.45) is 3.03. The van der Waals surface area contributed by atoms with E-state index in [1.807, 2.05) is 6.92 Å². The number of carbonyl (C=O) groups is 1. The molecule has 2 unspecified atom stereocenters. The molecule has 2 atom stereocenters. The standard InChI is InChI=1S/C12H18N2O2/c1-8-6-11(15)4-5-14(8)10(3)12-13-7-9(2)16-12/h7-8,10H,4-6H2,1-3H3. The molecular formula is C12H18N2O2. The maximum atomic E-state index is 11.3. The number of hydrogen-bond donors (Lipinski definition) is 0. The normalized spacial score (nSPS) is 24.7. The van der Waals surface area contributed by atoms with E-state index >= 15 is 0 Å². The zero-order chi connectivity index (χ0) is 11.7. The molecule has 0 N–H and O–H groups in total. The predicted molar refractivity (Wildman–Crippen MR) is 60.1 cm³/mol. The third-order valence-electron chi connectivity index (χ3n) is 3.23. The maximum Gasteiger partial charge on any atom is 0.211 e. The minimum Gasteiger partial charge on any atom is -0.444 e. The van der Waals surface area contributed by atoms with Crippen LogP contribution >= 0.6 is 0 Å². The molecule has 0 aromatic carbocycles. The van der Waals surface area contributed by atoms with E-state index in [-0.39, 0.29) is 12.1 Å². The van der Waals surface area contributed by atoms with Crippen LogP contribution in [0.1, 0.15) is 44.4 Å². The van der Waals surface area contributed by atoms with Gasteiger partial charge in [-0.05, 0) is 20.8 Å². The van der Waals surface area contributed by atoms with Gasteiger partial charge in [0.1, 0.15) is 11.5 Å². The van der Waals surface area contributed by atoms with Crippen molar-refractivity contribution in [3.63, 3.8) is 0 Å². The van der Waals surface area contributed by atoms with Crippen molar-refractivity contribution in [3.8, 4) is 0 Å². The van der Waals surface area contributed by atoms with Gasteiger partial charge in [-0.2, -0.15) is 0 Å². The number of nitrogens with zero attached hydrogens (tertiary/aromatic N) is 2. The van der Waals surface area contributed by atoms with Crippen molar-refractivity contribution in [2.75, 3.05) is 6.54 Å². The van der Waals surface area contributed by atoms with Gasteiger partial charge in [0.05, 0.1) is 12.2 Å². The Balaban J connectivity index is 2.09. The highest BCUT2D eigenvalue weighted by Gasteiger charge is 2.29. The average Bonchev–Trinajstić information content (AvgIpc) is 2.64. The summed E-state index contributed by atoms with van der Waals surface area (Å²) in [4.78, 5) is 17.9. The second kappa shape index (κ2) is 4.37. The molecule has 1 saturated heterocycles. The highest BCUT2D eigenvalue weighted by atomic mass is 16.4. The average molecular weight is 222 g/mol. The highest BCUT2D eigenvalue weighted by molar-refractivity contribution is 5.79. The number of aryl methyl sites for hydroxylation is 1. The number of carbonyl (C=O) groups excluding carboxylic acids is 1. The van der Waals surface area contributed by atoms with Crippen LogP contribution in [-0.2, 0) is 4.79 Å². The Morgan fingerprint density at radius 3 is 2.94 bits per heavy atom. The lowest BCUT2D eigenvalue weighted by molar-refractivity contribution is -0.123. The quantitative estimate of drug-likeness (QED) is 0.768. The topological polar surface area (TPSA) is 46.3 Å². The summed E-state index contributed by atoms with van der Waals surface area (Å²) in [7, 11) is 0. The number of ketones is 1. The van der Waals surface area contributed by atoms with Gasteiger partial charge in [-0.25, -0.2) is 4.98 Å². The molecule has 1 aliphatic rings. The minimum atomic E-state index is 0.150. The number of hydrogen-bond acceptors (Lipinski definition) is 4. The first-order valence-corrected chi connectivity index (χ1v) is 5.77. The van der Waals surface area contributed by atoms with E-state index in [0.717, 1.165) is 18.2 Å². The van der Waals surface area contributed by atoms with Gasteiger partial charge in [-0.1, -0.05) is 0 Å². The van der Waals surface area contributed by atoms with E-state index < -0.39 is 0 Å². The van der Waals surface area contributed by atoms with Gasteiger partial charge in [0, 0.05) is 25.4 Å². The van der Waals surface area contributed by atoms with E-state index in [1.165, 1.54) is 0 Å². The molecule has 1 fully saturated rings. The molecule has 2 heterocycles. The van der Waals surface area contributed by atoms with Gasteiger partial charge < -0.3 is 4.42 Å². The first kappa shape index (κ1) is 11.3. The van der Waals surface area contributed by atoms with Gasteiger partial charge in [-0.15, -0.1) is 0 Å². The van der Waals surface area contributed by atoms with Crippen molar-refractivity contribution >= 4 is 5.78 Å². The van der Waals surface area contributed by atoms with Crippen LogP contribution in [0.2, 0.25) is 0 Å². The number of aromatic nitrogens is 1. The second-order valence-electron chi connectivity index (χ2n) is 4.56. The third kappa shape index (κ3) is 2.16. The molecule has 88 valence electrons. The van der Waals surface area contributed by atoms with Crippen LogP contribution in [-0.4, -0.2) is 28.3 Å². The summed E-state index contributed by atoms with van der Waals surface area (Å²) in [5.41, 5.74) is 0. The molecule has 2 rings (SSSR count). The van der Waals surface area contributed by atoms with Crippen LogP contribution < -0.4 is 0 Å². The monoisotopic (exact) mass is 222 g/mol.